The van der Waals surface area contributed by atoms with Crippen LogP contribution < -0.4 is 10.2 Å². The van der Waals surface area contributed by atoms with Crippen molar-refractivity contribution in [3.05, 3.63) is 41.9 Å². The highest BCUT2D eigenvalue weighted by Gasteiger charge is 2.32. The summed E-state index contributed by atoms with van der Waals surface area (Å²) in [4.78, 5) is 13.6. The number of carbonyl (C=O) groups excluding carboxylic acids is 1. The van der Waals surface area contributed by atoms with E-state index in [0.29, 0.717) is 18.2 Å². The number of hydrogen-bond acceptors (Lipinski definition) is 2. The summed E-state index contributed by atoms with van der Waals surface area (Å²) in [6.07, 6.45) is 6.49. The van der Waals surface area contributed by atoms with Gasteiger partial charge in [-0.1, -0.05) is 0 Å². The molecule has 0 radical (unpaired) electrons. The van der Waals surface area contributed by atoms with Crippen molar-refractivity contribution >= 4 is 11.5 Å². The molecule has 20 heavy (non-hydrogen) atoms. The molecule has 2 aliphatic rings. The molecule has 1 aromatic rings. The van der Waals surface area contributed by atoms with Gasteiger partial charge in [0.1, 0.15) is 11.9 Å². The van der Waals surface area contributed by atoms with Crippen LogP contribution in [0, 0.1) is 5.82 Å². The Morgan fingerprint density at radius 3 is 2.50 bits per heavy atom. The van der Waals surface area contributed by atoms with Gasteiger partial charge in [0.05, 0.1) is 25.2 Å². The maximum Gasteiger partial charge on any atom is 0.185 e. The Bertz CT molecular complexity index is 518. The lowest BCUT2D eigenvalue weighted by Crippen LogP contribution is -3.16. The van der Waals surface area contributed by atoms with E-state index in [-0.39, 0.29) is 11.6 Å². The average Bonchev–Trinajstić information content (AvgIpc) is 2.84. The number of ketones is 1. The maximum absolute atomic E-state index is 12.9. The maximum atomic E-state index is 12.9. The predicted molar refractivity (Wildman–Crippen MR) is 76.1 cm³/mol. The summed E-state index contributed by atoms with van der Waals surface area (Å²) in [6.45, 7) is 2.33. The Hall–Kier alpha value is -1.68. The van der Waals surface area contributed by atoms with Crippen molar-refractivity contribution in [3.8, 4) is 0 Å². The van der Waals surface area contributed by atoms with Gasteiger partial charge in [0.2, 0.25) is 0 Å². The number of halogens is 1. The molecule has 1 heterocycles. The molecule has 1 atom stereocenters. The Kier molecular flexibility index (Phi) is 3.83. The quantitative estimate of drug-likeness (QED) is 0.877. The molecule has 3 rings (SSSR count). The Balaban J connectivity index is 1.68. The standard InChI is InChI=1S/C16H19FN2O/c17-12-4-6-13(7-5-12)18-15-10-14(11-16(15)20)19-8-2-1-3-9-19/h4-7,10,14,18H,1-3,8-9,11H2/p+1. The van der Waals surface area contributed by atoms with E-state index >= 15 is 0 Å². The molecule has 3 nitrogen and oxygen atoms in total. The minimum Gasteiger partial charge on any atom is -0.353 e. The second kappa shape index (κ2) is 5.75. The van der Waals surface area contributed by atoms with Gasteiger partial charge in [-0.05, 0) is 43.5 Å². The monoisotopic (exact) mass is 275 g/mol. The molecule has 1 unspecified atom stereocenters. The van der Waals surface area contributed by atoms with E-state index in [2.05, 4.69) is 11.4 Å². The number of quaternary nitrogens is 1. The van der Waals surface area contributed by atoms with Crippen molar-refractivity contribution in [2.45, 2.75) is 31.7 Å². The number of Topliss-reactive ketones (excluding diaryl/α,β-unsaturated/α-hetero) is 1. The van der Waals surface area contributed by atoms with Gasteiger partial charge in [-0.25, -0.2) is 4.39 Å². The lowest BCUT2D eigenvalue weighted by Gasteiger charge is -2.27. The molecule has 1 aliphatic heterocycles. The van der Waals surface area contributed by atoms with Gasteiger partial charge in [0.25, 0.3) is 0 Å². The SMILES string of the molecule is O=C1CC([NH+]2CCCCC2)C=C1Nc1ccc(F)cc1. The van der Waals surface area contributed by atoms with Crippen LogP contribution in [-0.2, 0) is 4.79 Å². The summed E-state index contributed by atoms with van der Waals surface area (Å²) in [5.41, 5.74) is 1.43. The van der Waals surface area contributed by atoms with Crippen molar-refractivity contribution in [2.24, 2.45) is 0 Å². The topological polar surface area (TPSA) is 33.5 Å². The normalized spacial score (nSPS) is 23.8. The third-order valence-electron chi connectivity index (χ3n) is 4.22. The number of allylic oxidation sites excluding steroid dienone is 1. The van der Waals surface area contributed by atoms with Gasteiger partial charge < -0.3 is 10.2 Å². The first-order valence-corrected chi connectivity index (χ1v) is 7.34. The number of hydrogen-bond donors (Lipinski definition) is 2. The number of rotatable bonds is 3. The van der Waals surface area contributed by atoms with Gasteiger partial charge in [-0.15, -0.1) is 0 Å². The summed E-state index contributed by atoms with van der Waals surface area (Å²) >= 11 is 0. The third kappa shape index (κ3) is 2.90. The van der Waals surface area contributed by atoms with Gasteiger partial charge in [-0.2, -0.15) is 0 Å². The number of carbonyl (C=O) groups is 1. The minimum absolute atomic E-state index is 0.164. The first kappa shape index (κ1) is 13.3. The van der Waals surface area contributed by atoms with Gasteiger partial charge in [0, 0.05) is 11.8 Å². The third-order valence-corrected chi connectivity index (χ3v) is 4.22. The highest BCUT2D eigenvalue weighted by molar-refractivity contribution is 6.00. The fraction of sp³-hybridized carbons (Fsp3) is 0.438. The van der Waals surface area contributed by atoms with Crippen LogP contribution >= 0.6 is 0 Å². The number of benzene rings is 1. The molecule has 106 valence electrons. The second-order valence-electron chi connectivity index (χ2n) is 5.66. The van der Waals surface area contributed by atoms with E-state index in [1.165, 1.54) is 36.3 Å². The second-order valence-corrected chi connectivity index (χ2v) is 5.66. The molecule has 0 aromatic heterocycles. The van der Waals surface area contributed by atoms with Crippen molar-refractivity contribution < 1.29 is 14.1 Å². The zero-order valence-electron chi connectivity index (χ0n) is 11.5. The molecule has 1 aromatic carbocycles. The first-order chi connectivity index (χ1) is 9.72. The van der Waals surface area contributed by atoms with Crippen LogP contribution in [-0.4, -0.2) is 24.9 Å². The van der Waals surface area contributed by atoms with Crippen molar-refractivity contribution in [2.75, 3.05) is 18.4 Å². The van der Waals surface area contributed by atoms with Crippen LogP contribution in [0.25, 0.3) is 0 Å². The van der Waals surface area contributed by atoms with Crippen LogP contribution in [0.3, 0.4) is 0 Å². The van der Waals surface area contributed by atoms with E-state index in [1.54, 1.807) is 12.1 Å². The van der Waals surface area contributed by atoms with Crippen LogP contribution in [0.1, 0.15) is 25.7 Å². The summed E-state index contributed by atoms with van der Waals surface area (Å²) in [5, 5.41) is 3.12. The molecular formula is C16H20FN2O+. The fourth-order valence-corrected chi connectivity index (χ4v) is 3.10. The zero-order valence-corrected chi connectivity index (χ0v) is 11.5. The van der Waals surface area contributed by atoms with Crippen LogP contribution in [0.15, 0.2) is 36.0 Å². The molecule has 1 fully saturated rings. The lowest BCUT2D eigenvalue weighted by molar-refractivity contribution is -0.922. The van der Waals surface area contributed by atoms with Crippen LogP contribution in [0.5, 0.6) is 0 Å². The van der Waals surface area contributed by atoms with E-state index in [4.69, 9.17) is 0 Å². The van der Waals surface area contributed by atoms with Crippen molar-refractivity contribution in [3.63, 3.8) is 0 Å². The summed E-state index contributed by atoms with van der Waals surface area (Å²) in [6, 6.07) is 6.42. The summed E-state index contributed by atoms with van der Waals surface area (Å²) in [5.74, 6) is -0.102. The number of anilines is 1. The van der Waals surface area contributed by atoms with E-state index in [0.717, 1.165) is 18.8 Å². The number of likely N-dealkylation sites (tertiary alicyclic amines) is 1. The van der Waals surface area contributed by atoms with E-state index in [1.807, 2.05) is 0 Å². The summed E-state index contributed by atoms with van der Waals surface area (Å²) in [7, 11) is 0. The number of piperidine rings is 1. The molecule has 0 spiro atoms. The van der Waals surface area contributed by atoms with Crippen molar-refractivity contribution in [1.29, 1.82) is 0 Å². The molecule has 4 heteroatoms. The molecular weight excluding hydrogens is 255 g/mol. The Labute approximate surface area is 118 Å². The van der Waals surface area contributed by atoms with Crippen LogP contribution in [0.4, 0.5) is 10.1 Å². The van der Waals surface area contributed by atoms with Gasteiger partial charge >= 0.3 is 0 Å². The Morgan fingerprint density at radius 1 is 1.10 bits per heavy atom. The molecule has 0 saturated carbocycles. The lowest BCUT2D eigenvalue weighted by atomic mass is 10.1. The largest absolute Gasteiger partial charge is 0.353 e. The smallest absolute Gasteiger partial charge is 0.185 e. The predicted octanol–water partition coefficient (Wildman–Crippen LogP) is 1.53. The zero-order chi connectivity index (χ0) is 13.9. The van der Waals surface area contributed by atoms with Crippen LogP contribution in [0.2, 0.25) is 0 Å². The highest BCUT2D eigenvalue weighted by atomic mass is 19.1. The highest BCUT2D eigenvalue weighted by Crippen LogP contribution is 2.18. The average molecular weight is 275 g/mol. The molecule has 1 aliphatic carbocycles. The first-order valence-electron chi connectivity index (χ1n) is 7.34. The fourth-order valence-electron chi connectivity index (χ4n) is 3.10. The molecule has 2 N–H and O–H groups in total. The van der Waals surface area contributed by atoms with Crippen molar-refractivity contribution in [1.82, 2.24) is 0 Å². The van der Waals surface area contributed by atoms with Gasteiger partial charge in [-0.3, -0.25) is 4.79 Å². The molecule has 0 amide bonds. The van der Waals surface area contributed by atoms with Gasteiger partial charge in [0.15, 0.2) is 5.78 Å². The minimum atomic E-state index is -0.266. The van der Waals surface area contributed by atoms with E-state index in [9.17, 15) is 9.18 Å². The Morgan fingerprint density at radius 2 is 1.80 bits per heavy atom. The molecule has 0 bridgehead atoms. The molecule has 1 saturated heterocycles. The summed E-state index contributed by atoms with van der Waals surface area (Å²) < 4.78 is 12.9. The van der Waals surface area contributed by atoms with E-state index < -0.39 is 0 Å². The number of nitrogens with one attached hydrogen (secondary N) is 2.